The Morgan fingerprint density at radius 3 is 2.32 bits per heavy atom. The third-order valence-corrected chi connectivity index (χ3v) is 5.29. The lowest BCUT2D eigenvalue weighted by Gasteiger charge is -2.36. The van der Waals surface area contributed by atoms with Gasteiger partial charge in [-0.2, -0.15) is 0 Å². The normalized spacial score (nSPS) is 21.1. The number of likely N-dealkylation sites (N-methyl/N-ethyl adjacent to an activating group) is 1. The molecule has 0 bridgehead atoms. The molecule has 2 fully saturated rings. The lowest BCUT2D eigenvalue weighted by Crippen LogP contribution is -2.52. The van der Waals surface area contributed by atoms with Gasteiger partial charge in [0.05, 0.1) is 19.3 Å². The van der Waals surface area contributed by atoms with Crippen molar-refractivity contribution in [2.24, 2.45) is 0 Å². The highest BCUT2D eigenvalue weighted by molar-refractivity contribution is 5.94. The fourth-order valence-corrected chi connectivity index (χ4v) is 3.46. The van der Waals surface area contributed by atoms with Crippen LogP contribution in [0.5, 0.6) is 0 Å². The van der Waals surface area contributed by atoms with Gasteiger partial charge in [-0.1, -0.05) is 6.92 Å². The summed E-state index contributed by atoms with van der Waals surface area (Å²) in [6, 6.07) is 8.03. The minimum atomic E-state index is -0.0991. The highest BCUT2D eigenvalue weighted by atomic mass is 16.5. The van der Waals surface area contributed by atoms with E-state index in [0.717, 1.165) is 64.7 Å². The maximum atomic E-state index is 12.6. The molecule has 2 saturated heterocycles. The summed E-state index contributed by atoms with van der Waals surface area (Å²) < 4.78 is 5.39. The second kappa shape index (κ2) is 8.65. The van der Waals surface area contributed by atoms with Crippen molar-refractivity contribution in [3.63, 3.8) is 0 Å². The predicted molar refractivity (Wildman–Crippen MR) is 101 cm³/mol. The molecule has 2 heterocycles. The van der Waals surface area contributed by atoms with Gasteiger partial charge in [0, 0.05) is 50.6 Å². The van der Waals surface area contributed by atoms with Crippen LogP contribution in [-0.4, -0.2) is 80.8 Å². The zero-order valence-electron chi connectivity index (χ0n) is 15.4. The maximum Gasteiger partial charge on any atom is 0.241 e. The number of carbonyl (C=O) groups is 1. The van der Waals surface area contributed by atoms with Crippen LogP contribution in [0.3, 0.4) is 0 Å². The lowest BCUT2D eigenvalue weighted by molar-refractivity contribution is -0.121. The van der Waals surface area contributed by atoms with Crippen LogP contribution in [0.4, 0.5) is 11.4 Å². The molecule has 0 radical (unpaired) electrons. The van der Waals surface area contributed by atoms with Crippen LogP contribution >= 0.6 is 0 Å². The average Bonchev–Trinajstić information content (AvgIpc) is 2.68. The van der Waals surface area contributed by atoms with Crippen molar-refractivity contribution >= 4 is 17.3 Å². The quantitative estimate of drug-likeness (QED) is 0.875. The number of rotatable bonds is 5. The van der Waals surface area contributed by atoms with E-state index >= 15 is 0 Å². The first kappa shape index (κ1) is 18.2. The molecular weight excluding hydrogens is 316 g/mol. The molecule has 0 aromatic heterocycles. The molecule has 0 unspecified atom stereocenters. The topological polar surface area (TPSA) is 48.0 Å². The molecular formula is C19H30N4O2. The number of hydrogen-bond donors (Lipinski definition) is 1. The number of benzene rings is 1. The molecule has 25 heavy (non-hydrogen) atoms. The number of nitrogens with zero attached hydrogens (tertiary/aromatic N) is 3. The summed E-state index contributed by atoms with van der Waals surface area (Å²) in [5, 5.41) is 3.06. The zero-order chi connectivity index (χ0) is 17.6. The highest BCUT2D eigenvalue weighted by Gasteiger charge is 2.25. The zero-order valence-corrected chi connectivity index (χ0v) is 15.4. The SMILES string of the molecule is CCN1CCN([C@@H](C)C(=O)Nc2ccc(N3CCOCC3)cc2)CC1. The van der Waals surface area contributed by atoms with Crippen LogP contribution < -0.4 is 10.2 Å². The van der Waals surface area contributed by atoms with E-state index in [0.29, 0.717) is 0 Å². The van der Waals surface area contributed by atoms with E-state index in [1.54, 1.807) is 0 Å². The first-order valence-electron chi connectivity index (χ1n) is 9.37. The summed E-state index contributed by atoms with van der Waals surface area (Å²) in [6.45, 7) is 12.7. The summed E-state index contributed by atoms with van der Waals surface area (Å²) in [7, 11) is 0. The van der Waals surface area contributed by atoms with Gasteiger partial charge in [0.15, 0.2) is 0 Å². The van der Waals surface area contributed by atoms with Gasteiger partial charge in [0.25, 0.3) is 0 Å². The van der Waals surface area contributed by atoms with Crippen LogP contribution in [-0.2, 0) is 9.53 Å². The Balaban J connectivity index is 1.52. The van der Waals surface area contributed by atoms with E-state index in [4.69, 9.17) is 4.74 Å². The Morgan fingerprint density at radius 1 is 1.08 bits per heavy atom. The van der Waals surface area contributed by atoms with Crippen molar-refractivity contribution in [1.29, 1.82) is 0 Å². The number of anilines is 2. The van der Waals surface area contributed by atoms with Crippen LogP contribution in [0.15, 0.2) is 24.3 Å². The summed E-state index contributed by atoms with van der Waals surface area (Å²) in [5.41, 5.74) is 2.05. The number of piperazine rings is 1. The first-order valence-corrected chi connectivity index (χ1v) is 9.37. The molecule has 1 aromatic carbocycles. The molecule has 3 rings (SSSR count). The number of carbonyl (C=O) groups excluding carboxylic acids is 1. The van der Waals surface area contributed by atoms with Crippen molar-refractivity contribution in [3.8, 4) is 0 Å². The Hall–Kier alpha value is -1.63. The molecule has 6 nitrogen and oxygen atoms in total. The van der Waals surface area contributed by atoms with Crippen LogP contribution in [0.2, 0.25) is 0 Å². The number of hydrogen-bond acceptors (Lipinski definition) is 5. The van der Waals surface area contributed by atoms with Crippen LogP contribution in [0.25, 0.3) is 0 Å². The van der Waals surface area contributed by atoms with Crippen molar-refractivity contribution in [2.75, 3.05) is 69.2 Å². The van der Waals surface area contributed by atoms with Crippen molar-refractivity contribution in [2.45, 2.75) is 19.9 Å². The molecule has 2 aliphatic rings. The number of nitrogens with one attached hydrogen (secondary N) is 1. The maximum absolute atomic E-state index is 12.6. The minimum absolute atomic E-state index is 0.0732. The van der Waals surface area contributed by atoms with E-state index in [1.807, 2.05) is 19.1 Å². The smallest absolute Gasteiger partial charge is 0.241 e. The molecule has 0 spiro atoms. The van der Waals surface area contributed by atoms with Gasteiger partial charge in [-0.3, -0.25) is 9.69 Å². The Labute approximate surface area is 150 Å². The van der Waals surface area contributed by atoms with Gasteiger partial charge in [0.1, 0.15) is 0 Å². The lowest BCUT2D eigenvalue weighted by atomic mass is 10.2. The highest BCUT2D eigenvalue weighted by Crippen LogP contribution is 2.19. The summed E-state index contributed by atoms with van der Waals surface area (Å²) in [4.78, 5) is 19.6. The third kappa shape index (κ3) is 4.71. The summed E-state index contributed by atoms with van der Waals surface area (Å²) in [5.74, 6) is 0.0732. The van der Waals surface area contributed by atoms with Gasteiger partial charge in [-0.15, -0.1) is 0 Å². The molecule has 0 aliphatic carbocycles. The van der Waals surface area contributed by atoms with E-state index in [1.165, 1.54) is 5.69 Å². The first-order chi connectivity index (χ1) is 12.2. The molecule has 6 heteroatoms. The summed E-state index contributed by atoms with van der Waals surface area (Å²) in [6.07, 6.45) is 0. The molecule has 1 aromatic rings. The van der Waals surface area contributed by atoms with Gasteiger partial charge in [-0.25, -0.2) is 0 Å². The van der Waals surface area contributed by atoms with Crippen molar-refractivity contribution < 1.29 is 9.53 Å². The van der Waals surface area contributed by atoms with E-state index in [2.05, 4.69) is 39.1 Å². The molecule has 1 atom stereocenters. The molecule has 1 amide bonds. The number of ether oxygens (including phenoxy) is 1. The predicted octanol–water partition coefficient (Wildman–Crippen LogP) is 1.49. The van der Waals surface area contributed by atoms with Crippen molar-refractivity contribution in [3.05, 3.63) is 24.3 Å². The van der Waals surface area contributed by atoms with Crippen LogP contribution in [0, 0.1) is 0 Å². The number of amides is 1. The van der Waals surface area contributed by atoms with E-state index in [-0.39, 0.29) is 11.9 Å². The number of morpholine rings is 1. The Kier molecular flexibility index (Phi) is 6.29. The van der Waals surface area contributed by atoms with Gasteiger partial charge >= 0.3 is 0 Å². The second-order valence-electron chi connectivity index (χ2n) is 6.78. The monoisotopic (exact) mass is 346 g/mol. The van der Waals surface area contributed by atoms with E-state index in [9.17, 15) is 4.79 Å². The fraction of sp³-hybridized carbons (Fsp3) is 0.632. The standard InChI is InChI=1S/C19H30N4O2/c1-3-21-8-10-22(11-9-21)16(2)19(24)20-17-4-6-18(7-5-17)23-12-14-25-15-13-23/h4-7,16H,3,8-15H2,1-2H3,(H,20,24)/t16-/m0/s1. The Morgan fingerprint density at radius 2 is 1.72 bits per heavy atom. The summed E-state index contributed by atoms with van der Waals surface area (Å²) >= 11 is 0. The fourth-order valence-electron chi connectivity index (χ4n) is 3.46. The molecule has 1 N–H and O–H groups in total. The second-order valence-corrected chi connectivity index (χ2v) is 6.78. The molecule has 0 saturated carbocycles. The van der Waals surface area contributed by atoms with Gasteiger partial charge < -0.3 is 19.9 Å². The third-order valence-electron chi connectivity index (χ3n) is 5.29. The van der Waals surface area contributed by atoms with Crippen molar-refractivity contribution in [1.82, 2.24) is 9.80 Å². The average molecular weight is 346 g/mol. The molecule has 2 aliphatic heterocycles. The van der Waals surface area contributed by atoms with Gasteiger partial charge in [-0.05, 0) is 37.7 Å². The van der Waals surface area contributed by atoms with Crippen LogP contribution in [0.1, 0.15) is 13.8 Å². The largest absolute Gasteiger partial charge is 0.378 e. The molecule has 138 valence electrons. The Bertz CT molecular complexity index is 549. The minimum Gasteiger partial charge on any atom is -0.378 e. The van der Waals surface area contributed by atoms with E-state index < -0.39 is 0 Å². The van der Waals surface area contributed by atoms with Gasteiger partial charge in [0.2, 0.25) is 5.91 Å².